The number of pyridine rings is 1. The van der Waals surface area contributed by atoms with Crippen LogP contribution in [0.2, 0.25) is 0 Å². The van der Waals surface area contributed by atoms with E-state index in [-0.39, 0.29) is 47.9 Å². The molecule has 4 aliphatic rings. The minimum atomic E-state index is -3.82. The number of carbonyl (C=O) groups is 1. The largest absolute Gasteiger partial charge is 0.491 e. The number of likely N-dealkylation sites (N-methyl/N-ethyl adjacent to an activating group) is 1. The number of amides is 1. The first-order chi connectivity index (χ1) is 23.1. The molecule has 1 amide bonds. The fraction of sp³-hybridized carbons (Fsp3) is 0.636. The highest BCUT2D eigenvalue weighted by Crippen LogP contribution is 2.40. The molecule has 14 nitrogen and oxygen atoms in total. The van der Waals surface area contributed by atoms with Crippen LogP contribution >= 0.6 is 0 Å². The monoisotopic (exact) mass is 722 g/mol. The van der Waals surface area contributed by atoms with Gasteiger partial charge in [-0.15, -0.1) is 0 Å². The van der Waals surface area contributed by atoms with E-state index in [1.54, 1.807) is 39.0 Å². The summed E-state index contributed by atoms with van der Waals surface area (Å²) >= 11 is 0. The number of piperidine rings is 1. The van der Waals surface area contributed by atoms with E-state index >= 15 is 0 Å². The van der Waals surface area contributed by atoms with Gasteiger partial charge in [0.05, 0.1) is 47.7 Å². The molecular formula is C33H46N4O10S2. The van der Waals surface area contributed by atoms with Gasteiger partial charge in [0.2, 0.25) is 15.9 Å². The van der Waals surface area contributed by atoms with E-state index in [2.05, 4.69) is 4.98 Å². The molecule has 1 saturated carbocycles. The van der Waals surface area contributed by atoms with Gasteiger partial charge in [0.15, 0.2) is 9.84 Å². The third-order valence-corrected chi connectivity index (χ3v) is 13.5. The van der Waals surface area contributed by atoms with Gasteiger partial charge in [-0.3, -0.25) is 0 Å². The summed E-state index contributed by atoms with van der Waals surface area (Å²) in [6.45, 7) is 6.77. The van der Waals surface area contributed by atoms with Gasteiger partial charge in [-0.25, -0.2) is 26.6 Å². The predicted molar refractivity (Wildman–Crippen MR) is 179 cm³/mol. The summed E-state index contributed by atoms with van der Waals surface area (Å²) in [5, 5.41) is 10.7. The lowest BCUT2D eigenvalue weighted by Crippen LogP contribution is -2.50. The van der Waals surface area contributed by atoms with Crippen LogP contribution in [-0.4, -0.2) is 124 Å². The van der Waals surface area contributed by atoms with Crippen LogP contribution in [0.3, 0.4) is 0 Å². The number of carbonyl (C=O) groups excluding carboxylic acids is 1. The number of aromatic nitrogens is 1. The smallest absolute Gasteiger partial charge is 0.410 e. The van der Waals surface area contributed by atoms with E-state index in [1.165, 1.54) is 27.5 Å². The van der Waals surface area contributed by atoms with Crippen LogP contribution in [0, 0.1) is 0 Å². The summed E-state index contributed by atoms with van der Waals surface area (Å²) in [5.74, 6) is 0.719. The average Bonchev–Trinajstić information content (AvgIpc) is 3.85. The fourth-order valence-corrected chi connectivity index (χ4v) is 9.57. The Kier molecular flexibility index (Phi) is 9.82. The maximum Gasteiger partial charge on any atom is 0.410 e. The highest BCUT2D eigenvalue weighted by molar-refractivity contribution is 7.92. The molecule has 0 unspecified atom stereocenters. The molecule has 2 atom stereocenters. The SMILES string of the molecule is CN1CCOc2ncc(S(=O)(=O)N3CCC4(CC3)C[C@@H](N(C[C@H](O)COc3cccc(S(=O)(=O)C5CC5)c3)C(=O)OC(C)(C)C)CO4)cc21. The van der Waals surface area contributed by atoms with Crippen LogP contribution in [0.15, 0.2) is 46.3 Å². The van der Waals surface area contributed by atoms with E-state index < -0.39 is 49.3 Å². The Morgan fingerprint density at radius 2 is 1.86 bits per heavy atom. The molecule has 270 valence electrons. The number of fused-ring (bicyclic) bond motifs is 1. The van der Waals surface area contributed by atoms with Crippen LogP contribution in [0.4, 0.5) is 10.5 Å². The molecule has 2 saturated heterocycles. The summed E-state index contributed by atoms with van der Waals surface area (Å²) in [6.07, 6.45) is 2.21. The van der Waals surface area contributed by atoms with Crippen molar-refractivity contribution in [3.63, 3.8) is 0 Å². The van der Waals surface area contributed by atoms with Crippen molar-refractivity contribution >= 4 is 31.6 Å². The zero-order valence-electron chi connectivity index (χ0n) is 28.4. The van der Waals surface area contributed by atoms with Gasteiger partial charge in [-0.1, -0.05) is 6.07 Å². The first-order valence-corrected chi connectivity index (χ1v) is 19.7. The summed E-state index contributed by atoms with van der Waals surface area (Å²) in [7, 11) is -5.35. The molecule has 1 aromatic carbocycles. The topological polar surface area (TPSA) is 165 Å². The van der Waals surface area contributed by atoms with Crippen LogP contribution in [0.5, 0.6) is 11.6 Å². The number of aliphatic hydroxyl groups excluding tert-OH is 1. The Morgan fingerprint density at radius 3 is 2.55 bits per heavy atom. The van der Waals surface area contributed by atoms with Crippen LogP contribution in [-0.2, 0) is 29.3 Å². The number of benzene rings is 1. The second kappa shape index (κ2) is 13.5. The molecule has 6 rings (SSSR count). The third kappa shape index (κ3) is 7.93. The Labute approximate surface area is 288 Å². The summed E-state index contributed by atoms with van der Waals surface area (Å²) in [4.78, 5) is 21.4. The Balaban J connectivity index is 1.09. The van der Waals surface area contributed by atoms with Gasteiger partial charge >= 0.3 is 6.09 Å². The average molecular weight is 723 g/mol. The number of ether oxygens (including phenoxy) is 4. The maximum absolute atomic E-state index is 13.6. The molecule has 49 heavy (non-hydrogen) atoms. The zero-order valence-corrected chi connectivity index (χ0v) is 30.0. The van der Waals surface area contributed by atoms with Gasteiger partial charge in [0.1, 0.15) is 41.3 Å². The number of sulfonamides is 1. The first-order valence-electron chi connectivity index (χ1n) is 16.7. The molecule has 0 bridgehead atoms. The van der Waals surface area contributed by atoms with Gasteiger partial charge < -0.3 is 33.9 Å². The summed E-state index contributed by atoms with van der Waals surface area (Å²) in [5.41, 5.74) is -0.797. The molecule has 2 aromatic rings. The van der Waals surface area contributed by atoms with E-state index in [4.69, 9.17) is 18.9 Å². The number of anilines is 1. The lowest BCUT2D eigenvalue weighted by atomic mass is 9.88. The highest BCUT2D eigenvalue weighted by Gasteiger charge is 2.48. The zero-order chi connectivity index (χ0) is 35.2. The summed E-state index contributed by atoms with van der Waals surface area (Å²) in [6, 6.07) is 7.40. The lowest BCUT2D eigenvalue weighted by molar-refractivity contribution is -0.0329. The van der Waals surface area contributed by atoms with Gasteiger partial charge in [0.25, 0.3) is 0 Å². The van der Waals surface area contributed by atoms with Crippen molar-refractivity contribution in [1.29, 1.82) is 0 Å². The molecule has 3 fully saturated rings. The molecule has 3 aliphatic heterocycles. The van der Waals surface area contributed by atoms with Crippen molar-refractivity contribution in [2.45, 2.75) is 91.3 Å². The van der Waals surface area contributed by atoms with Crippen molar-refractivity contribution in [3.05, 3.63) is 36.5 Å². The van der Waals surface area contributed by atoms with Crippen molar-refractivity contribution < 1.29 is 45.7 Å². The highest BCUT2D eigenvalue weighted by atomic mass is 32.2. The molecule has 1 N–H and O–H groups in total. The molecule has 4 heterocycles. The summed E-state index contributed by atoms with van der Waals surface area (Å²) < 4.78 is 77.4. The quantitative estimate of drug-likeness (QED) is 0.382. The molecule has 16 heteroatoms. The van der Waals surface area contributed by atoms with Crippen molar-refractivity contribution in [2.24, 2.45) is 0 Å². The maximum atomic E-state index is 13.6. The molecule has 0 radical (unpaired) electrons. The van der Waals surface area contributed by atoms with E-state index in [0.717, 1.165) is 0 Å². The number of hydrogen-bond acceptors (Lipinski definition) is 12. The van der Waals surface area contributed by atoms with E-state index in [1.807, 2.05) is 11.9 Å². The standard InChI is InChI=1S/C33H46N4O10S2/c1-32(2,3)47-31(39)37(20-24(38)22-45-25-6-5-7-27(16-25)48(40,41)26-8-9-26)23-18-33(46-21-23)10-12-36(13-11-33)49(42,43)28-17-29-30(34-19-28)44-15-14-35(29)4/h5-7,16-17,19,23-24,26,38H,8-15,18,20-22H2,1-4H3/t23-,24+/m1/s1. The van der Waals surface area contributed by atoms with E-state index in [0.29, 0.717) is 62.6 Å². The molecular weight excluding hydrogens is 677 g/mol. The molecule has 1 aromatic heterocycles. The van der Waals surface area contributed by atoms with Crippen LogP contribution < -0.4 is 14.4 Å². The van der Waals surface area contributed by atoms with E-state index in [9.17, 15) is 26.7 Å². The number of sulfone groups is 1. The second-order valence-corrected chi connectivity index (χ2v) is 18.5. The Bertz CT molecular complexity index is 1750. The molecule has 1 spiro atoms. The van der Waals surface area contributed by atoms with Gasteiger partial charge in [-0.05, 0) is 77.1 Å². The number of rotatable bonds is 10. The van der Waals surface area contributed by atoms with Gasteiger partial charge in [0, 0.05) is 20.1 Å². The molecule has 1 aliphatic carbocycles. The second-order valence-electron chi connectivity index (χ2n) is 14.3. The van der Waals surface area contributed by atoms with Gasteiger partial charge in [-0.2, -0.15) is 4.31 Å². The number of hydrogen-bond donors (Lipinski definition) is 1. The predicted octanol–water partition coefficient (Wildman–Crippen LogP) is 2.84. The fourth-order valence-electron chi connectivity index (χ4n) is 6.48. The minimum absolute atomic E-state index is 0.105. The first kappa shape index (κ1) is 35.6. The van der Waals surface area contributed by atoms with Crippen LogP contribution in [0.1, 0.15) is 52.9 Å². The Morgan fingerprint density at radius 1 is 1.12 bits per heavy atom. The van der Waals surface area contributed by atoms with Crippen LogP contribution in [0.25, 0.3) is 0 Å². The van der Waals surface area contributed by atoms with Crippen molar-refractivity contribution in [2.75, 3.05) is 57.9 Å². The van der Waals surface area contributed by atoms with Crippen molar-refractivity contribution in [3.8, 4) is 11.6 Å². The number of nitrogens with zero attached hydrogens (tertiary/aromatic N) is 4. The number of aliphatic hydroxyl groups is 1. The minimum Gasteiger partial charge on any atom is -0.491 e. The third-order valence-electron chi connectivity index (χ3n) is 9.36. The lowest BCUT2D eigenvalue weighted by Gasteiger charge is -2.38. The Hall–Kier alpha value is -3.18. The van der Waals surface area contributed by atoms with Crippen molar-refractivity contribution in [1.82, 2.24) is 14.2 Å². The normalized spacial score (nSPS) is 21.9.